The monoisotopic (exact) mass is 287 g/mol. The van der Waals surface area contributed by atoms with Gasteiger partial charge in [-0.2, -0.15) is 0 Å². The van der Waals surface area contributed by atoms with E-state index < -0.39 is 11.7 Å². The molecule has 108 valence electrons. The Morgan fingerprint density at radius 3 is 2.81 bits per heavy atom. The van der Waals surface area contributed by atoms with Crippen LogP contribution in [0, 0.1) is 31.5 Å². The molecule has 0 saturated heterocycles. The molecule has 21 heavy (non-hydrogen) atoms. The number of anilines is 1. The standard InChI is InChI=1S/C15H14FN3O2/c1-9-14(10(2)21-19-9)15(20)18-12-6-5-11(4-3-7-17)13(16)8-12/h5-6,8H,7,17H2,1-2H3,(H,18,20). The van der Waals surface area contributed by atoms with E-state index in [0.29, 0.717) is 22.7 Å². The van der Waals surface area contributed by atoms with E-state index >= 15 is 0 Å². The van der Waals surface area contributed by atoms with E-state index in [4.69, 9.17) is 10.3 Å². The summed E-state index contributed by atoms with van der Waals surface area (Å²) in [5.41, 5.74) is 6.63. The molecule has 1 amide bonds. The normalized spacial score (nSPS) is 9.90. The Morgan fingerprint density at radius 1 is 1.48 bits per heavy atom. The summed E-state index contributed by atoms with van der Waals surface area (Å²) in [7, 11) is 0. The number of nitrogens with one attached hydrogen (secondary N) is 1. The maximum atomic E-state index is 13.8. The molecule has 6 heteroatoms. The van der Waals surface area contributed by atoms with Crippen molar-refractivity contribution in [1.29, 1.82) is 0 Å². The second kappa shape index (κ2) is 6.20. The van der Waals surface area contributed by atoms with Gasteiger partial charge in [-0.25, -0.2) is 4.39 Å². The van der Waals surface area contributed by atoms with Crippen molar-refractivity contribution >= 4 is 11.6 Å². The topological polar surface area (TPSA) is 81.2 Å². The molecule has 3 N–H and O–H groups in total. The van der Waals surface area contributed by atoms with E-state index in [1.165, 1.54) is 12.1 Å². The third kappa shape index (κ3) is 3.27. The lowest BCUT2D eigenvalue weighted by atomic mass is 10.1. The van der Waals surface area contributed by atoms with Crippen LogP contribution in [-0.2, 0) is 0 Å². The summed E-state index contributed by atoms with van der Waals surface area (Å²) in [4.78, 5) is 12.1. The number of carbonyl (C=O) groups excluding carboxylic acids is 1. The van der Waals surface area contributed by atoms with Crippen LogP contribution in [0.5, 0.6) is 0 Å². The summed E-state index contributed by atoms with van der Waals surface area (Å²) in [6.45, 7) is 3.46. The largest absolute Gasteiger partial charge is 0.361 e. The molecule has 0 bridgehead atoms. The molecular formula is C15H14FN3O2. The number of hydrogen-bond donors (Lipinski definition) is 2. The van der Waals surface area contributed by atoms with Gasteiger partial charge in [0.25, 0.3) is 5.91 Å². The number of aryl methyl sites for hydroxylation is 2. The van der Waals surface area contributed by atoms with Crippen LogP contribution >= 0.6 is 0 Å². The van der Waals surface area contributed by atoms with Gasteiger partial charge in [0, 0.05) is 5.69 Å². The van der Waals surface area contributed by atoms with Gasteiger partial charge in [0.1, 0.15) is 17.1 Å². The molecular weight excluding hydrogens is 273 g/mol. The Morgan fingerprint density at radius 2 is 2.24 bits per heavy atom. The van der Waals surface area contributed by atoms with Crippen molar-refractivity contribution in [2.45, 2.75) is 13.8 Å². The van der Waals surface area contributed by atoms with Crippen molar-refractivity contribution in [2.24, 2.45) is 5.73 Å². The zero-order valence-electron chi connectivity index (χ0n) is 11.7. The molecule has 1 aromatic carbocycles. The molecule has 2 aromatic rings. The average Bonchev–Trinajstić information content (AvgIpc) is 2.77. The Kier molecular flexibility index (Phi) is 4.36. The first-order chi connectivity index (χ1) is 10.0. The minimum atomic E-state index is -0.521. The van der Waals surface area contributed by atoms with E-state index in [0.717, 1.165) is 0 Å². The van der Waals surface area contributed by atoms with Crippen molar-refractivity contribution in [1.82, 2.24) is 5.16 Å². The average molecular weight is 287 g/mol. The molecule has 0 atom stereocenters. The SMILES string of the molecule is Cc1noc(C)c1C(=O)Nc1ccc(C#CCN)c(F)c1. The van der Waals surface area contributed by atoms with Gasteiger partial charge in [0.05, 0.1) is 17.8 Å². The summed E-state index contributed by atoms with van der Waals surface area (Å²) in [6, 6.07) is 4.26. The van der Waals surface area contributed by atoms with E-state index in [2.05, 4.69) is 22.3 Å². The highest BCUT2D eigenvalue weighted by atomic mass is 19.1. The maximum absolute atomic E-state index is 13.8. The lowest BCUT2D eigenvalue weighted by molar-refractivity contribution is 0.102. The van der Waals surface area contributed by atoms with Gasteiger partial charge in [-0.3, -0.25) is 4.79 Å². The van der Waals surface area contributed by atoms with Crippen LogP contribution in [-0.4, -0.2) is 17.6 Å². The minimum absolute atomic E-state index is 0.157. The molecule has 0 saturated carbocycles. The lowest BCUT2D eigenvalue weighted by Gasteiger charge is -2.05. The highest BCUT2D eigenvalue weighted by Gasteiger charge is 2.17. The summed E-state index contributed by atoms with van der Waals surface area (Å²) in [5.74, 6) is 4.68. The number of carbonyl (C=O) groups is 1. The van der Waals surface area contributed by atoms with Crippen LogP contribution in [0.15, 0.2) is 22.7 Å². The van der Waals surface area contributed by atoms with Gasteiger partial charge >= 0.3 is 0 Å². The first kappa shape index (κ1) is 14.8. The molecule has 0 unspecified atom stereocenters. The number of hydrogen-bond acceptors (Lipinski definition) is 4. The first-order valence-corrected chi connectivity index (χ1v) is 6.25. The van der Waals surface area contributed by atoms with E-state index in [-0.39, 0.29) is 12.1 Å². The number of amides is 1. The summed E-state index contributed by atoms with van der Waals surface area (Å²) >= 11 is 0. The molecule has 0 aliphatic rings. The summed E-state index contributed by atoms with van der Waals surface area (Å²) in [6.07, 6.45) is 0. The Hall–Kier alpha value is -2.65. The molecule has 0 radical (unpaired) electrons. The van der Waals surface area contributed by atoms with Crippen LogP contribution in [0.3, 0.4) is 0 Å². The fourth-order valence-corrected chi connectivity index (χ4v) is 1.84. The first-order valence-electron chi connectivity index (χ1n) is 6.25. The second-order valence-corrected chi connectivity index (χ2v) is 4.35. The number of nitrogens with zero attached hydrogens (tertiary/aromatic N) is 1. The van der Waals surface area contributed by atoms with E-state index in [9.17, 15) is 9.18 Å². The Labute approximate surface area is 121 Å². The van der Waals surface area contributed by atoms with Gasteiger partial charge in [0.15, 0.2) is 0 Å². The quantitative estimate of drug-likeness (QED) is 0.828. The molecule has 0 spiro atoms. The predicted octanol–water partition coefficient (Wildman–Crippen LogP) is 1.99. The minimum Gasteiger partial charge on any atom is -0.361 e. The predicted molar refractivity (Wildman–Crippen MR) is 76.3 cm³/mol. The lowest BCUT2D eigenvalue weighted by Crippen LogP contribution is -2.13. The Balaban J connectivity index is 2.21. The van der Waals surface area contributed by atoms with E-state index in [1.54, 1.807) is 19.9 Å². The van der Waals surface area contributed by atoms with Gasteiger partial charge in [-0.05, 0) is 32.0 Å². The van der Waals surface area contributed by atoms with Gasteiger partial charge in [0.2, 0.25) is 0 Å². The zero-order chi connectivity index (χ0) is 15.4. The van der Waals surface area contributed by atoms with Crippen molar-refractivity contribution in [3.63, 3.8) is 0 Å². The van der Waals surface area contributed by atoms with Crippen molar-refractivity contribution < 1.29 is 13.7 Å². The highest BCUT2D eigenvalue weighted by Crippen LogP contribution is 2.17. The Bertz CT molecular complexity index is 722. The third-order valence-electron chi connectivity index (χ3n) is 2.81. The number of nitrogens with two attached hydrogens (primary N) is 1. The van der Waals surface area contributed by atoms with Crippen LogP contribution in [0.1, 0.15) is 27.4 Å². The highest BCUT2D eigenvalue weighted by molar-refractivity contribution is 6.05. The number of aromatic nitrogens is 1. The summed E-state index contributed by atoms with van der Waals surface area (Å²) in [5, 5.41) is 6.30. The number of benzene rings is 1. The smallest absolute Gasteiger partial charge is 0.261 e. The molecule has 0 fully saturated rings. The number of halogens is 1. The van der Waals surface area contributed by atoms with E-state index in [1.807, 2.05) is 0 Å². The fraction of sp³-hybridized carbons (Fsp3) is 0.200. The molecule has 1 heterocycles. The van der Waals surface area contributed by atoms with Crippen LogP contribution in [0.25, 0.3) is 0 Å². The van der Waals surface area contributed by atoms with Crippen LogP contribution in [0.2, 0.25) is 0 Å². The molecule has 2 rings (SSSR count). The molecule has 5 nitrogen and oxygen atoms in total. The van der Waals surface area contributed by atoms with Gasteiger partial charge in [-0.1, -0.05) is 17.0 Å². The fourth-order valence-electron chi connectivity index (χ4n) is 1.84. The van der Waals surface area contributed by atoms with Crippen LogP contribution < -0.4 is 11.1 Å². The van der Waals surface area contributed by atoms with Gasteiger partial charge in [-0.15, -0.1) is 0 Å². The van der Waals surface area contributed by atoms with Crippen molar-refractivity contribution in [2.75, 3.05) is 11.9 Å². The van der Waals surface area contributed by atoms with Gasteiger partial charge < -0.3 is 15.6 Å². The van der Waals surface area contributed by atoms with Crippen LogP contribution in [0.4, 0.5) is 10.1 Å². The zero-order valence-corrected chi connectivity index (χ0v) is 11.7. The van der Waals surface area contributed by atoms with Crippen molar-refractivity contribution in [3.05, 3.63) is 46.6 Å². The number of rotatable bonds is 2. The third-order valence-corrected chi connectivity index (χ3v) is 2.81. The molecule has 0 aliphatic carbocycles. The molecule has 0 aliphatic heterocycles. The van der Waals surface area contributed by atoms with Crippen molar-refractivity contribution in [3.8, 4) is 11.8 Å². The molecule has 1 aromatic heterocycles. The maximum Gasteiger partial charge on any atom is 0.261 e. The second-order valence-electron chi connectivity index (χ2n) is 4.35. The summed E-state index contributed by atoms with van der Waals surface area (Å²) < 4.78 is 18.7.